The zero-order valence-corrected chi connectivity index (χ0v) is 13.3. The van der Waals surface area contributed by atoms with E-state index in [1.165, 1.54) is 4.90 Å². The molecule has 0 unspecified atom stereocenters. The van der Waals surface area contributed by atoms with Crippen LogP contribution in [0.5, 0.6) is 0 Å². The number of carboxylic acids is 1. The number of carbonyl (C=O) groups excluding carboxylic acids is 1. The standard InChI is InChI=1S/C16H20ClNO4/c1-18(8-5-14(19)20)15(21)16(6-9-22-10-7-16)12-3-2-4-13(17)11-12/h2-4,11H,5-10H2,1H3,(H,19,20). The number of hydrogen-bond acceptors (Lipinski definition) is 3. The monoisotopic (exact) mass is 325 g/mol. The smallest absolute Gasteiger partial charge is 0.305 e. The highest BCUT2D eigenvalue weighted by atomic mass is 35.5. The predicted molar refractivity (Wildman–Crippen MR) is 83.1 cm³/mol. The lowest BCUT2D eigenvalue weighted by Gasteiger charge is -2.39. The van der Waals surface area contributed by atoms with Crippen LogP contribution in [0.25, 0.3) is 0 Å². The fraction of sp³-hybridized carbons (Fsp3) is 0.500. The van der Waals surface area contributed by atoms with E-state index in [0.29, 0.717) is 31.1 Å². The van der Waals surface area contributed by atoms with Crippen molar-refractivity contribution in [2.45, 2.75) is 24.7 Å². The minimum absolute atomic E-state index is 0.0651. The van der Waals surface area contributed by atoms with Crippen LogP contribution < -0.4 is 0 Å². The summed E-state index contributed by atoms with van der Waals surface area (Å²) in [7, 11) is 1.65. The predicted octanol–water partition coefficient (Wildman–Crippen LogP) is 2.32. The van der Waals surface area contributed by atoms with Crippen molar-refractivity contribution < 1.29 is 19.4 Å². The molecule has 0 saturated carbocycles. The molecule has 1 aromatic rings. The van der Waals surface area contributed by atoms with Crippen molar-refractivity contribution in [3.63, 3.8) is 0 Å². The molecule has 22 heavy (non-hydrogen) atoms. The lowest BCUT2D eigenvalue weighted by atomic mass is 9.73. The third-order valence-electron chi connectivity index (χ3n) is 4.14. The molecule has 5 nitrogen and oxygen atoms in total. The van der Waals surface area contributed by atoms with Gasteiger partial charge in [0.15, 0.2) is 0 Å². The van der Waals surface area contributed by atoms with Gasteiger partial charge in [-0.25, -0.2) is 0 Å². The molecule has 2 rings (SSSR count). The molecule has 1 aliphatic rings. The molecule has 1 aliphatic heterocycles. The van der Waals surface area contributed by atoms with Crippen LogP contribution in [-0.2, 0) is 19.7 Å². The van der Waals surface area contributed by atoms with E-state index in [1.54, 1.807) is 13.1 Å². The summed E-state index contributed by atoms with van der Waals surface area (Å²) in [5.74, 6) is -0.984. The molecular weight excluding hydrogens is 306 g/mol. The van der Waals surface area contributed by atoms with Gasteiger partial charge in [-0.05, 0) is 30.5 Å². The summed E-state index contributed by atoms with van der Waals surface area (Å²) in [4.78, 5) is 25.2. The third kappa shape index (κ3) is 3.59. The Labute approximate surface area is 134 Å². The molecule has 0 bridgehead atoms. The molecule has 1 saturated heterocycles. The van der Waals surface area contributed by atoms with Crippen molar-refractivity contribution in [2.75, 3.05) is 26.8 Å². The highest BCUT2D eigenvalue weighted by Gasteiger charge is 2.43. The van der Waals surface area contributed by atoms with Crippen LogP contribution in [-0.4, -0.2) is 48.7 Å². The first-order chi connectivity index (χ1) is 10.5. The van der Waals surface area contributed by atoms with E-state index in [9.17, 15) is 9.59 Å². The number of hydrogen-bond donors (Lipinski definition) is 1. The summed E-state index contributed by atoms with van der Waals surface area (Å²) in [6.45, 7) is 1.20. The van der Waals surface area contributed by atoms with Crippen LogP contribution in [0.2, 0.25) is 5.02 Å². The van der Waals surface area contributed by atoms with Gasteiger partial charge in [-0.3, -0.25) is 9.59 Å². The van der Waals surface area contributed by atoms with E-state index >= 15 is 0 Å². The van der Waals surface area contributed by atoms with Crippen molar-refractivity contribution in [1.29, 1.82) is 0 Å². The highest BCUT2D eigenvalue weighted by Crippen LogP contribution is 2.37. The Bertz CT molecular complexity index is 555. The Morgan fingerprint density at radius 1 is 1.36 bits per heavy atom. The van der Waals surface area contributed by atoms with Gasteiger partial charge in [0.1, 0.15) is 0 Å². The van der Waals surface area contributed by atoms with Crippen LogP contribution in [0, 0.1) is 0 Å². The van der Waals surface area contributed by atoms with Gasteiger partial charge >= 0.3 is 5.97 Å². The highest BCUT2D eigenvalue weighted by molar-refractivity contribution is 6.30. The van der Waals surface area contributed by atoms with Crippen molar-refractivity contribution in [2.24, 2.45) is 0 Å². The summed E-state index contributed by atoms with van der Waals surface area (Å²) in [5, 5.41) is 9.38. The Hall–Kier alpha value is -1.59. The zero-order valence-electron chi connectivity index (χ0n) is 12.5. The lowest BCUT2D eigenvalue weighted by Crippen LogP contribution is -2.49. The fourth-order valence-electron chi connectivity index (χ4n) is 2.86. The van der Waals surface area contributed by atoms with Crippen LogP contribution in [0.3, 0.4) is 0 Å². The molecule has 1 N–H and O–H groups in total. The maximum atomic E-state index is 13.0. The SMILES string of the molecule is CN(CCC(=O)O)C(=O)C1(c2cccc(Cl)c2)CCOCC1. The number of benzene rings is 1. The number of carboxylic acid groups (broad SMARTS) is 1. The van der Waals surface area contributed by atoms with E-state index in [4.69, 9.17) is 21.4 Å². The van der Waals surface area contributed by atoms with E-state index in [1.807, 2.05) is 18.2 Å². The molecule has 6 heteroatoms. The van der Waals surface area contributed by atoms with Crippen LogP contribution in [0.1, 0.15) is 24.8 Å². The quantitative estimate of drug-likeness (QED) is 0.902. The number of rotatable bonds is 5. The van der Waals surface area contributed by atoms with Crippen LogP contribution in [0.4, 0.5) is 0 Å². The summed E-state index contributed by atoms with van der Waals surface area (Å²) < 4.78 is 5.41. The number of amides is 1. The molecule has 0 aliphatic carbocycles. The van der Waals surface area contributed by atoms with Crippen molar-refractivity contribution in [1.82, 2.24) is 4.90 Å². The van der Waals surface area contributed by atoms with Crippen molar-refractivity contribution in [3.8, 4) is 0 Å². The lowest BCUT2D eigenvalue weighted by molar-refractivity contribution is -0.142. The summed E-state index contributed by atoms with van der Waals surface area (Å²) >= 11 is 6.08. The minimum Gasteiger partial charge on any atom is -0.481 e. The number of halogens is 1. The number of nitrogens with zero attached hydrogens (tertiary/aromatic N) is 1. The van der Waals surface area contributed by atoms with Gasteiger partial charge in [-0.15, -0.1) is 0 Å². The van der Waals surface area contributed by atoms with E-state index in [2.05, 4.69) is 0 Å². The molecule has 1 amide bonds. The average Bonchev–Trinajstić information content (AvgIpc) is 2.52. The molecule has 0 spiro atoms. The van der Waals surface area contributed by atoms with Gasteiger partial charge in [0.05, 0.1) is 11.8 Å². The average molecular weight is 326 g/mol. The first kappa shape index (κ1) is 16.8. The second-order valence-electron chi connectivity index (χ2n) is 5.58. The first-order valence-electron chi connectivity index (χ1n) is 7.27. The molecule has 0 radical (unpaired) electrons. The third-order valence-corrected chi connectivity index (χ3v) is 4.38. The molecular formula is C16H20ClNO4. The van der Waals surface area contributed by atoms with Gasteiger partial charge in [0.25, 0.3) is 0 Å². The Morgan fingerprint density at radius 3 is 2.64 bits per heavy atom. The van der Waals surface area contributed by atoms with Gasteiger partial charge < -0.3 is 14.7 Å². The van der Waals surface area contributed by atoms with E-state index < -0.39 is 11.4 Å². The number of ether oxygens (including phenoxy) is 1. The Kier molecular flexibility index (Phi) is 5.42. The fourth-order valence-corrected chi connectivity index (χ4v) is 3.05. The minimum atomic E-state index is -0.913. The first-order valence-corrected chi connectivity index (χ1v) is 7.65. The van der Waals surface area contributed by atoms with E-state index in [0.717, 1.165) is 5.56 Å². The van der Waals surface area contributed by atoms with Crippen molar-refractivity contribution in [3.05, 3.63) is 34.9 Å². The van der Waals surface area contributed by atoms with Crippen LogP contribution >= 0.6 is 11.6 Å². The topological polar surface area (TPSA) is 66.8 Å². The molecule has 1 fully saturated rings. The summed E-state index contributed by atoms with van der Waals surface area (Å²) in [6, 6.07) is 7.33. The van der Waals surface area contributed by atoms with Crippen LogP contribution in [0.15, 0.2) is 24.3 Å². The van der Waals surface area contributed by atoms with Gasteiger partial charge in [0.2, 0.25) is 5.91 Å². The van der Waals surface area contributed by atoms with E-state index in [-0.39, 0.29) is 18.9 Å². The van der Waals surface area contributed by atoms with Gasteiger partial charge in [-0.1, -0.05) is 23.7 Å². The zero-order chi connectivity index (χ0) is 16.2. The largest absolute Gasteiger partial charge is 0.481 e. The molecule has 1 heterocycles. The normalized spacial score (nSPS) is 17.0. The van der Waals surface area contributed by atoms with Gasteiger partial charge in [0, 0.05) is 31.8 Å². The molecule has 0 aromatic heterocycles. The Morgan fingerprint density at radius 2 is 2.05 bits per heavy atom. The second-order valence-corrected chi connectivity index (χ2v) is 6.01. The summed E-state index contributed by atoms with van der Waals surface area (Å²) in [6.07, 6.45) is 1.08. The van der Waals surface area contributed by atoms with Crippen molar-refractivity contribution >= 4 is 23.5 Å². The second kappa shape index (κ2) is 7.11. The number of carbonyl (C=O) groups is 2. The number of likely N-dealkylation sites (N-methyl/N-ethyl adjacent to an activating group) is 1. The Balaban J connectivity index is 2.29. The molecule has 120 valence electrons. The number of aliphatic carboxylic acids is 1. The summed E-state index contributed by atoms with van der Waals surface area (Å²) in [5.41, 5.74) is 0.187. The molecule has 0 atom stereocenters. The maximum absolute atomic E-state index is 13.0. The molecule has 1 aromatic carbocycles. The maximum Gasteiger partial charge on any atom is 0.305 e. The van der Waals surface area contributed by atoms with Gasteiger partial charge in [-0.2, -0.15) is 0 Å².